The number of fused-ring (bicyclic) bond motifs is 1. The highest BCUT2D eigenvalue weighted by Gasteiger charge is 2.17. The van der Waals surface area contributed by atoms with E-state index in [1.165, 1.54) is 11.8 Å². The van der Waals surface area contributed by atoms with Gasteiger partial charge in [-0.25, -0.2) is 0 Å². The lowest BCUT2D eigenvalue weighted by atomic mass is 10.2. The molecular formula is C15H10Cl2N2O2S. The number of carbonyl (C=O) groups is 2. The highest BCUT2D eigenvalue weighted by Crippen LogP contribution is 2.33. The van der Waals surface area contributed by atoms with Crippen molar-refractivity contribution in [2.45, 2.75) is 4.90 Å². The van der Waals surface area contributed by atoms with E-state index in [2.05, 4.69) is 10.6 Å². The molecule has 2 aromatic rings. The van der Waals surface area contributed by atoms with Gasteiger partial charge < -0.3 is 10.6 Å². The predicted molar refractivity (Wildman–Crippen MR) is 90.2 cm³/mol. The predicted octanol–water partition coefficient (Wildman–Crippen LogP) is 4.29. The maximum Gasteiger partial charge on any atom is 0.257 e. The summed E-state index contributed by atoms with van der Waals surface area (Å²) >= 11 is 13.4. The average Bonchev–Trinajstić information content (AvgIpc) is 2.49. The number of rotatable bonds is 2. The van der Waals surface area contributed by atoms with Crippen LogP contribution in [0.15, 0.2) is 41.3 Å². The molecule has 7 heteroatoms. The molecule has 22 heavy (non-hydrogen) atoms. The summed E-state index contributed by atoms with van der Waals surface area (Å²) in [6.07, 6.45) is 0. The third-order valence-corrected chi connectivity index (χ3v) is 4.96. The molecule has 3 rings (SSSR count). The summed E-state index contributed by atoms with van der Waals surface area (Å²) in [6.45, 7) is 0. The van der Waals surface area contributed by atoms with Crippen LogP contribution in [0, 0.1) is 0 Å². The summed E-state index contributed by atoms with van der Waals surface area (Å²) < 4.78 is 0. The average molecular weight is 353 g/mol. The zero-order valence-electron chi connectivity index (χ0n) is 11.2. The molecule has 0 spiro atoms. The molecule has 1 aliphatic rings. The number of halogens is 2. The standard InChI is InChI=1S/C15H10Cl2N2O2S/c16-10-3-1-2-9(14(10)17)15(21)18-8-4-5-12-11(6-8)19-13(20)7-22-12/h1-6H,7H2,(H,18,21)(H,19,20). The normalized spacial score (nSPS) is 13.3. The Hall–Kier alpha value is -1.69. The van der Waals surface area contributed by atoms with Crippen LogP contribution in [0.2, 0.25) is 10.0 Å². The first-order valence-corrected chi connectivity index (χ1v) is 8.11. The molecule has 0 aromatic heterocycles. The Morgan fingerprint density at radius 1 is 1.23 bits per heavy atom. The molecular weight excluding hydrogens is 343 g/mol. The first-order chi connectivity index (χ1) is 10.5. The molecule has 0 radical (unpaired) electrons. The summed E-state index contributed by atoms with van der Waals surface area (Å²) in [4.78, 5) is 24.7. The van der Waals surface area contributed by atoms with Crippen LogP contribution < -0.4 is 10.6 Å². The molecule has 1 aliphatic heterocycles. The van der Waals surface area contributed by atoms with Gasteiger partial charge in [-0.05, 0) is 30.3 Å². The van der Waals surface area contributed by atoms with Gasteiger partial charge in [-0.2, -0.15) is 0 Å². The number of nitrogens with one attached hydrogen (secondary N) is 2. The first kappa shape index (κ1) is 15.2. The highest BCUT2D eigenvalue weighted by atomic mass is 35.5. The van der Waals surface area contributed by atoms with Crippen LogP contribution in [0.5, 0.6) is 0 Å². The molecule has 0 atom stereocenters. The second kappa shape index (κ2) is 6.20. The lowest BCUT2D eigenvalue weighted by Gasteiger charge is -2.17. The van der Waals surface area contributed by atoms with Gasteiger partial charge in [-0.3, -0.25) is 9.59 Å². The van der Waals surface area contributed by atoms with E-state index in [0.29, 0.717) is 27.7 Å². The summed E-state index contributed by atoms with van der Waals surface area (Å²) in [5.74, 6) is -0.0160. The fraction of sp³-hybridized carbons (Fsp3) is 0.0667. The lowest BCUT2D eigenvalue weighted by Crippen LogP contribution is -2.19. The smallest absolute Gasteiger partial charge is 0.257 e. The molecule has 0 bridgehead atoms. The maximum atomic E-state index is 12.3. The maximum absolute atomic E-state index is 12.3. The lowest BCUT2D eigenvalue weighted by molar-refractivity contribution is -0.113. The van der Waals surface area contributed by atoms with Gasteiger partial charge in [-0.15, -0.1) is 11.8 Å². The fourth-order valence-corrected chi connectivity index (χ4v) is 3.21. The van der Waals surface area contributed by atoms with Crippen LogP contribution in [0.3, 0.4) is 0 Å². The first-order valence-electron chi connectivity index (χ1n) is 6.36. The Bertz CT molecular complexity index is 780. The van der Waals surface area contributed by atoms with Crippen LogP contribution in [-0.2, 0) is 4.79 Å². The van der Waals surface area contributed by atoms with Gasteiger partial charge in [0.25, 0.3) is 5.91 Å². The Kier molecular flexibility index (Phi) is 4.29. The van der Waals surface area contributed by atoms with E-state index in [0.717, 1.165) is 4.90 Å². The van der Waals surface area contributed by atoms with Gasteiger partial charge in [0, 0.05) is 10.6 Å². The van der Waals surface area contributed by atoms with Crippen molar-refractivity contribution in [2.24, 2.45) is 0 Å². The van der Waals surface area contributed by atoms with Crippen molar-refractivity contribution in [3.8, 4) is 0 Å². The van der Waals surface area contributed by atoms with E-state index in [9.17, 15) is 9.59 Å². The second-order valence-corrected chi connectivity index (χ2v) is 6.41. The van der Waals surface area contributed by atoms with Crippen LogP contribution in [0.4, 0.5) is 11.4 Å². The van der Waals surface area contributed by atoms with E-state index in [1.54, 1.807) is 30.3 Å². The Balaban J connectivity index is 1.84. The second-order valence-electron chi connectivity index (χ2n) is 4.60. The van der Waals surface area contributed by atoms with Gasteiger partial charge in [0.2, 0.25) is 5.91 Å². The molecule has 0 saturated carbocycles. The van der Waals surface area contributed by atoms with Gasteiger partial charge in [0.05, 0.1) is 27.0 Å². The van der Waals surface area contributed by atoms with E-state index in [4.69, 9.17) is 23.2 Å². The molecule has 1 heterocycles. The van der Waals surface area contributed by atoms with Crippen molar-refractivity contribution in [1.29, 1.82) is 0 Å². The Morgan fingerprint density at radius 3 is 2.86 bits per heavy atom. The number of amides is 2. The molecule has 0 saturated heterocycles. The van der Waals surface area contributed by atoms with Crippen molar-refractivity contribution < 1.29 is 9.59 Å². The van der Waals surface area contributed by atoms with E-state index in [-0.39, 0.29) is 16.8 Å². The monoisotopic (exact) mass is 352 g/mol. The molecule has 0 fully saturated rings. The van der Waals surface area contributed by atoms with Crippen LogP contribution in [0.1, 0.15) is 10.4 Å². The summed E-state index contributed by atoms with van der Waals surface area (Å²) in [5, 5.41) is 6.06. The fourth-order valence-electron chi connectivity index (χ4n) is 2.04. The van der Waals surface area contributed by atoms with Crippen molar-refractivity contribution >= 4 is 58.2 Å². The molecule has 4 nitrogen and oxygen atoms in total. The van der Waals surface area contributed by atoms with E-state index in [1.807, 2.05) is 6.07 Å². The van der Waals surface area contributed by atoms with Crippen molar-refractivity contribution in [3.63, 3.8) is 0 Å². The van der Waals surface area contributed by atoms with Crippen LogP contribution in [-0.4, -0.2) is 17.6 Å². The third kappa shape index (κ3) is 3.06. The summed E-state index contributed by atoms with van der Waals surface area (Å²) in [5.41, 5.74) is 1.56. The van der Waals surface area contributed by atoms with Crippen LogP contribution >= 0.6 is 35.0 Å². The number of hydrogen-bond acceptors (Lipinski definition) is 3. The highest BCUT2D eigenvalue weighted by molar-refractivity contribution is 8.00. The topological polar surface area (TPSA) is 58.2 Å². The van der Waals surface area contributed by atoms with Gasteiger partial charge in [0.1, 0.15) is 0 Å². The number of thioether (sulfide) groups is 1. The minimum absolute atomic E-state index is 0.0566. The van der Waals surface area contributed by atoms with E-state index >= 15 is 0 Å². The molecule has 2 amide bonds. The van der Waals surface area contributed by atoms with E-state index < -0.39 is 0 Å². The SMILES string of the molecule is O=C1CSc2ccc(NC(=O)c3cccc(Cl)c3Cl)cc2N1. The summed E-state index contributed by atoms with van der Waals surface area (Å²) in [6, 6.07) is 10.2. The largest absolute Gasteiger partial charge is 0.324 e. The zero-order valence-corrected chi connectivity index (χ0v) is 13.5. The molecule has 2 aromatic carbocycles. The van der Waals surface area contributed by atoms with Gasteiger partial charge in [-0.1, -0.05) is 29.3 Å². The van der Waals surface area contributed by atoms with Crippen molar-refractivity contribution in [1.82, 2.24) is 0 Å². The number of benzene rings is 2. The summed E-state index contributed by atoms with van der Waals surface area (Å²) in [7, 11) is 0. The molecule has 112 valence electrons. The third-order valence-electron chi connectivity index (χ3n) is 3.07. The zero-order chi connectivity index (χ0) is 15.7. The molecule has 0 unspecified atom stereocenters. The Morgan fingerprint density at radius 2 is 2.05 bits per heavy atom. The minimum atomic E-state index is -0.359. The minimum Gasteiger partial charge on any atom is -0.324 e. The number of anilines is 2. The Labute approximate surface area is 141 Å². The quantitative estimate of drug-likeness (QED) is 0.847. The van der Waals surface area contributed by atoms with Gasteiger partial charge in [0.15, 0.2) is 0 Å². The van der Waals surface area contributed by atoms with Crippen molar-refractivity contribution in [2.75, 3.05) is 16.4 Å². The van der Waals surface area contributed by atoms with Gasteiger partial charge >= 0.3 is 0 Å². The molecule has 2 N–H and O–H groups in total. The van der Waals surface area contributed by atoms with Crippen LogP contribution in [0.25, 0.3) is 0 Å². The number of carbonyl (C=O) groups excluding carboxylic acids is 2. The van der Waals surface area contributed by atoms with Crippen molar-refractivity contribution in [3.05, 3.63) is 52.0 Å². The molecule has 0 aliphatic carbocycles. The number of hydrogen-bond donors (Lipinski definition) is 2.